The van der Waals surface area contributed by atoms with Crippen LogP contribution >= 0.6 is 0 Å². The van der Waals surface area contributed by atoms with Gasteiger partial charge in [0.05, 0.1) is 28.8 Å². The first kappa shape index (κ1) is 15.4. The molecule has 1 saturated carbocycles. The molecule has 0 unspecified atom stereocenters. The zero-order valence-electron chi connectivity index (χ0n) is 14.0. The smallest absolute Gasteiger partial charge is 0.177 e. The number of terminal acetylenes is 1. The predicted molar refractivity (Wildman–Crippen MR) is 91.8 cm³/mol. The standard InChI is InChI=1S/C20H22N2O2/c1-3-15-17(24)12-14-4-5-16(13(2)23)21-18(14)19(15)22-10-8-20(6-7-20)9-11-22/h1,4-5,13,23H,6-12H2,2H3/t13-/m0/s1. The van der Waals surface area contributed by atoms with Gasteiger partial charge in [-0.3, -0.25) is 4.79 Å². The van der Waals surface area contributed by atoms with E-state index in [2.05, 4.69) is 15.8 Å². The molecular weight excluding hydrogens is 300 g/mol. The third kappa shape index (κ3) is 2.44. The maximum Gasteiger partial charge on any atom is 0.177 e. The van der Waals surface area contributed by atoms with Crippen LogP contribution in [0.3, 0.4) is 0 Å². The summed E-state index contributed by atoms with van der Waals surface area (Å²) in [5, 5.41) is 9.87. The fourth-order valence-corrected chi connectivity index (χ4v) is 3.93. The second kappa shape index (κ2) is 5.46. The van der Waals surface area contributed by atoms with Gasteiger partial charge in [0.25, 0.3) is 0 Å². The van der Waals surface area contributed by atoms with Crippen molar-refractivity contribution in [3.8, 4) is 12.3 Å². The lowest BCUT2D eigenvalue weighted by Crippen LogP contribution is -2.36. The van der Waals surface area contributed by atoms with Gasteiger partial charge >= 0.3 is 0 Å². The number of rotatable bonds is 2. The molecule has 0 aromatic carbocycles. The molecule has 1 saturated heterocycles. The number of fused-ring (bicyclic) bond motifs is 1. The molecule has 3 aliphatic rings. The average Bonchev–Trinajstić information content (AvgIpc) is 3.33. The zero-order chi connectivity index (χ0) is 16.9. The second-order valence-electron chi connectivity index (χ2n) is 7.37. The molecule has 1 aromatic heterocycles. The Hall–Kier alpha value is -2.12. The van der Waals surface area contributed by atoms with Gasteiger partial charge in [0.15, 0.2) is 5.78 Å². The number of pyridine rings is 1. The molecule has 1 spiro atoms. The van der Waals surface area contributed by atoms with Crippen LogP contribution < -0.4 is 0 Å². The maximum atomic E-state index is 12.5. The summed E-state index contributed by atoms with van der Waals surface area (Å²) in [5.74, 6) is 2.61. The number of likely N-dealkylation sites (tertiary alicyclic amines) is 1. The number of Topliss-reactive ketones (excluding diaryl/α,β-unsaturated/α-hetero) is 1. The molecule has 2 heterocycles. The number of carbonyl (C=O) groups is 1. The topological polar surface area (TPSA) is 53.4 Å². The Bertz CT molecular complexity index is 771. The number of ketones is 1. The van der Waals surface area contributed by atoms with Crippen molar-refractivity contribution in [2.45, 2.75) is 45.1 Å². The van der Waals surface area contributed by atoms with E-state index >= 15 is 0 Å². The van der Waals surface area contributed by atoms with Crippen LogP contribution in [-0.2, 0) is 11.2 Å². The van der Waals surface area contributed by atoms with Crippen LogP contribution in [-0.4, -0.2) is 33.9 Å². The Morgan fingerprint density at radius 1 is 1.29 bits per heavy atom. The van der Waals surface area contributed by atoms with Crippen molar-refractivity contribution >= 4 is 11.5 Å². The number of hydrogen-bond acceptors (Lipinski definition) is 4. The van der Waals surface area contributed by atoms with Gasteiger partial charge in [0.1, 0.15) is 0 Å². The Balaban J connectivity index is 1.78. The normalized spacial score (nSPS) is 23.0. The Morgan fingerprint density at radius 3 is 2.58 bits per heavy atom. The molecular formula is C20H22N2O2. The van der Waals surface area contributed by atoms with E-state index in [-0.39, 0.29) is 5.78 Å². The first-order valence-corrected chi connectivity index (χ1v) is 8.70. The summed E-state index contributed by atoms with van der Waals surface area (Å²) >= 11 is 0. The summed E-state index contributed by atoms with van der Waals surface area (Å²) in [6.45, 7) is 3.55. The molecule has 1 aromatic rings. The summed E-state index contributed by atoms with van der Waals surface area (Å²) in [6, 6.07) is 3.70. The molecule has 0 amide bonds. The first-order chi connectivity index (χ1) is 11.5. The minimum atomic E-state index is -0.639. The zero-order valence-corrected chi connectivity index (χ0v) is 14.0. The number of nitrogens with zero attached hydrogens (tertiary/aromatic N) is 2. The molecule has 0 bridgehead atoms. The van der Waals surface area contributed by atoms with E-state index in [1.165, 1.54) is 12.8 Å². The molecule has 124 valence electrons. The third-order valence-corrected chi connectivity index (χ3v) is 5.76. The van der Waals surface area contributed by atoms with E-state index in [9.17, 15) is 9.90 Å². The van der Waals surface area contributed by atoms with E-state index in [1.807, 2.05) is 6.07 Å². The predicted octanol–water partition coefficient (Wildman–Crippen LogP) is 2.48. The van der Waals surface area contributed by atoms with Crippen molar-refractivity contribution in [1.29, 1.82) is 0 Å². The van der Waals surface area contributed by atoms with Crippen LogP contribution in [0.1, 0.15) is 55.7 Å². The quantitative estimate of drug-likeness (QED) is 0.850. The molecule has 2 aliphatic carbocycles. The molecule has 4 rings (SSSR count). The molecule has 4 nitrogen and oxygen atoms in total. The SMILES string of the molecule is C#CC1=C(N2CCC3(CC2)CC3)c2nc([C@H](C)O)ccc2CC1=O. The van der Waals surface area contributed by atoms with Crippen molar-refractivity contribution in [3.05, 3.63) is 34.7 Å². The summed E-state index contributed by atoms with van der Waals surface area (Å²) in [6.07, 6.45) is 10.3. The molecule has 24 heavy (non-hydrogen) atoms. The molecule has 1 N–H and O–H groups in total. The van der Waals surface area contributed by atoms with E-state index in [4.69, 9.17) is 6.42 Å². The van der Waals surface area contributed by atoms with Crippen LogP contribution in [0.2, 0.25) is 0 Å². The lowest BCUT2D eigenvalue weighted by atomic mass is 9.88. The minimum Gasteiger partial charge on any atom is -0.387 e. The number of hydrogen-bond donors (Lipinski definition) is 1. The highest BCUT2D eigenvalue weighted by atomic mass is 16.3. The molecule has 0 radical (unpaired) electrons. The summed E-state index contributed by atoms with van der Waals surface area (Å²) in [7, 11) is 0. The Labute approximate surface area is 142 Å². The van der Waals surface area contributed by atoms with Crippen molar-refractivity contribution in [2.24, 2.45) is 5.41 Å². The maximum absolute atomic E-state index is 12.5. The number of carbonyl (C=O) groups excluding carboxylic acids is 1. The van der Waals surface area contributed by atoms with Gasteiger partial charge in [0, 0.05) is 19.5 Å². The lowest BCUT2D eigenvalue weighted by Gasteiger charge is -2.37. The van der Waals surface area contributed by atoms with Crippen LogP contribution in [0.15, 0.2) is 17.7 Å². The van der Waals surface area contributed by atoms with Crippen molar-refractivity contribution in [2.75, 3.05) is 13.1 Å². The number of aliphatic hydroxyl groups is 1. The number of aliphatic hydroxyl groups excluding tert-OH is 1. The van der Waals surface area contributed by atoms with Gasteiger partial charge < -0.3 is 10.0 Å². The third-order valence-electron chi connectivity index (χ3n) is 5.76. The van der Waals surface area contributed by atoms with Crippen LogP contribution in [0.5, 0.6) is 0 Å². The van der Waals surface area contributed by atoms with Crippen LogP contribution in [0.4, 0.5) is 0 Å². The van der Waals surface area contributed by atoms with E-state index in [0.717, 1.165) is 42.9 Å². The van der Waals surface area contributed by atoms with Gasteiger partial charge in [-0.1, -0.05) is 12.0 Å². The van der Waals surface area contributed by atoms with Crippen LogP contribution in [0.25, 0.3) is 5.70 Å². The minimum absolute atomic E-state index is 0.00157. The summed E-state index contributed by atoms with van der Waals surface area (Å²) < 4.78 is 0. The summed E-state index contributed by atoms with van der Waals surface area (Å²) in [5.41, 5.74) is 4.13. The van der Waals surface area contributed by atoms with Crippen LogP contribution in [0, 0.1) is 17.8 Å². The molecule has 1 atom stereocenters. The second-order valence-corrected chi connectivity index (χ2v) is 7.37. The van der Waals surface area contributed by atoms with Crippen molar-refractivity contribution in [3.63, 3.8) is 0 Å². The molecule has 1 aliphatic heterocycles. The number of aromatic nitrogens is 1. The van der Waals surface area contributed by atoms with Gasteiger partial charge in [0.2, 0.25) is 0 Å². The monoisotopic (exact) mass is 322 g/mol. The highest BCUT2D eigenvalue weighted by Crippen LogP contribution is 2.54. The van der Waals surface area contributed by atoms with E-state index in [0.29, 0.717) is 23.1 Å². The van der Waals surface area contributed by atoms with Crippen molar-refractivity contribution < 1.29 is 9.90 Å². The molecule has 2 fully saturated rings. The van der Waals surface area contributed by atoms with Gasteiger partial charge in [-0.2, -0.15) is 0 Å². The summed E-state index contributed by atoms with van der Waals surface area (Å²) in [4.78, 5) is 19.4. The highest BCUT2D eigenvalue weighted by Gasteiger charge is 2.45. The van der Waals surface area contributed by atoms with E-state index < -0.39 is 6.10 Å². The van der Waals surface area contributed by atoms with E-state index in [1.54, 1.807) is 13.0 Å². The van der Waals surface area contributed by atoms with Crippen molar-refractivity contribution in [1.82, 2.24) is 9.88 Å². The number of piperidine rings is 1. The van der Waals surface area contributed by atoms with Gasteiger partial charge in [-0.15, -0.1) is 6.42 Å². The Morgan fingerprint density at radius 2 is 2.00 bits per heavy atom. The first-order valence-electron chi connectivity index (χ1n) is 8.70. The fourth-order valence-electron chi connectivity index (χ4n) is 3.93. The molecule has 4 heteroatoms. The highest BCUT2D eigenvalue weighted by molar-refractivity contribution is 6.09. The number of allylic oxidation sites excluding steroid dienone is 1. The lowest BCUT2D eigenvalue weighted by molar-refractivity contribution is -0.114. The largest absolute Gasteiger partial charge is 0.387 e. The average molecular weight is 322 g/mol. The van der Waals surface area contributed by atoms with Gasteiger partial charge in [-0.25, -0.2) is 4.98 Å². The van der Waals surface area contributed by atoms with Gasteiger partial charge in [-0.05, 0) is 49.7 Å². The fraction of sp³-hybridized carbons (Fsp3) is 0.500. The Kier molecular flexibility index (Phi) is 3.51.